The summed E-state index contributed by atoms with van der Waals surface area (Å²) in [5.74, 6) is 0. The Bertz CT molecular complexity index is 354. The van der Waals surface area contributed by atoms with Crippen LogP contribution in [-0.4, -0.2) is 29.0 Å². The first-order valence-electron chi connectivity index (χ1n) is 6.75. The van der Waals surface area contributed by atoms with E-state index < -0.39 is 0 Å². The van der Waals surface area contributed by atoms with E-state index in [1.807, 2.05) is 17.8 Å². The van der Waals surface area contributed by atoms with E-state index in [0.717, 1.165) is 30.6 Å². The summed E-state index contributed by atoms with van der Waals surface area (Å²) in [6.07, 6.45) is 3.02. The zero-order valence-electron chi connectivity index (χ0n) is 11.7. The molecule has 2 unspecified atom stereocenters. The zero-order chi connectivity index (χ0) is 13.5. The minimum absolute atomic E-state index is 0.174. The first-order valence-corrected chi connectivity index (χ1v) is 7.54. The third-order valence-corrected chi connectivity index (χ3v) is 3.62. The van der Waals surface area contributed by atoms with Gasteiger partial charge in [0.1, 0.15) is 0 Å². The molecule has 0 amide bonds. The van der Waals surface area contributed by atoms with Crippen molar-refractivity contribution in [3.05, 3.63) is 16.4 Å². The van der Waals surface area contributed by atoms with Crippen molar-refractivity contribution in [1.82, 2.24) is 15.1 Å². The molecule has 0 saturated carbocycles. The van der Waals surface area contributed by atoms with E-state index in [9.17, 15) is 0 Å². The molecule has 1 heterocycles. The minimum Gasteiger partial charge on any atom is -0.376 e. The lowest BCUT2D eigenvalue weighted by molar-refractivity contribution is 0.0294. The highest BCUT2D eigenvalue weighted by Crippen LogP contribution is 2.28. The number of aryl methyl sites for hydroxylation is 1. The van der Waals surface area contributed by atoms with Gasteiger partial charge in [0.2, 0.25) is 0 Å². The van der Waals surface area contributed by atoms with E-state index in [-0.39, 0.29) is 12.1 Å². The fourth-order valence-corrected chi connectivity index (χ4v) is 2.76. The molecule has 0 aliphatic heterocycles. The van der Waals surface area contributed by atoms with Crippen molar-refractivity contribution in [3.63, 3.8) is 0 Å². The Balaban J connectivity index is 3.05. The molecule has 0 bridgehead atoms. The molecule has 104 valence electrons. The molecule has 1 aromatic heterocycles. The van der Waals surface area contributed by atoms with Gasteiger partial charge in [-0.25, -0.2) is 0 Å². The van der Waals surface area contributed by atoms with Crippen LogP contribution in [0.3, 0.4) is 0 Å². The van der Waals surface area contributed by atoms with Crippen molar-refractivity contribution in [3.8, 4) is 0 Å². The van der Waals surface area contributed by atoms with Crippen LogP contribution in [0.5, 0.6) is 0 Å². The molecule has 4 nitrogen and oxygen atoms in total. The van der Waals surface area contributed by atoms with Gasteiger partial charge in [0.25, 0.3) is 0 Å². The second-order valence-electron chi connectivity index (χ2n) is 4.13. The Morgan fingerprint density at radius 1 is 1.39 bits per heavy atom. The minimum atomic E-state index is 0.174. The van der Waals surface area contributed by atoms with Crippen molar-refractivity contribution >= 4 is 15.9 Å². The molecule has 1 aromatic rings. The maximum atomic E-state index is 5.86. The average molecular weight is 318 g/mol. The average Bonchev–Trinajstić information content (AvgIpc) is 2.74. The predicted molar refractivity (Wildman–Crippen MR) is 77.7 cm³/mol. The SMILES string of the molecule is CCNC(c1c(Br)cnn1CC)C(CC)OCC. The monoisotopic (exact) mass is 317 g/mol. The molecule has 0 aromatic carbocycles. The Morgan fingerprint density at radius 2 is 2.11 bits per heavy atom. The van der Waals surface area contributed by atoms with E-state index in [1.54, 1.807) is 0 Å². The second kappa shape index (κ2) is 7.92. The number of rotatable bonds is 8. The lowest BCUT2D eigenvalue weighted by atomic mass is 10.0. The van der Waals surface area contributed by atoms with Crippen LogP contribution >= 0.6 is 15.9 Å². The molecule has 1 N–H and O–H groups in total. The highest BCUT2D eigenvalue weighted by Gasteiger charge is 2.26. The van der Waals surface area contributed by atoms with Crippen molar-refractivity contribution in [2.75, 3.05) is 13.2 Å². The summed E-state index contributed by atoms with van der Waals surface area (Å²) < 4.78 is 8.94. The van der Waals surface area contributed by atoms with Crippen LogP contribution in [0.4, 0.5) is 0 Å². The van der Waals surface area contributed by atoms with Crippen molar-refractivity contribution < 1.29 is 4.74 Å². The van der Waals surface area contributed by atoms with Gasteiger partial charge >= 0.3 is 0 Å². The molecule has 0 fully saturated rings. The van der Waals surface area contributed by atoms with Crippen LogP contribution in [0.15, 0.2) is 10.7 Å². The fraction of sp³-hybridized carbons (Fsp3) is 0.769. The standard InChI is InChI=1S/C13H24BrN3O/c1-5-11(18-8-4)12(15-6-2)13-10(14)9-16-17(13)7-3/h9,11-12,15H,5-8H2,1-4H3. The molecule has 1 rings (SSSR count). The maximum absolute atomic E-state index is 5.86. The van der Waals surface area contributed by atoms with Gasteiger partial charge in [0.05, 0.1) is 28.5 Å². The largest absolute Gasteiger partial charge is 0.376 e. The van der Waals surface area contributed by atoms with E-state index in [0.29, 0.717) is 0 Å². The van der Waals surface area contributed by atoms with Crippen LogP contribution in [0.2, 0.25) is 0 Å². The van der Waals surface area contributed by atoms with Gasteiger partial charge in [-0.05, 0) is 42.7 Å². The third-order valence-electron chi connectivity index (χ3n) is 3.01. The topological polar surface area (TPSA) is 39.1 Å². The van der Waals surface area contributed by atoms with Crippen molar-refractivity contribution in [2.45, 2.75) is 52.8 Å². The lowest BCUT2D eigenvalue weighted by Crippen LogP contribution is -2.35. The Kier molecular flexibility index (Phi) is 6.89. The number of ether oxygens (including phenoxy) is 1. The zero-order valence-corrected chi connectivity index (χ0v) is 13.3. The Morgan fingerprint density at radius 3 is 2.61 bits per heavy atom. The van der Waals surface area contributed by atoms with Gasteiger partial charge in [-0.15, -0.1) is 0 Å². The van der Waals surface area contributed by atoms with Gasteiger partial charge in [-0.3, -0.25) is 4.68 Å². The second-order valence-corrected chi connectivity index (χ2v) is 4.99. The predicted octanol–water partition coefficient (Wildman–Crippen LogP) is 3.13. The van der Waals surface area contributed by atoms with Crippen LogP contribution < -0.4 is 5.32 Å². The van der Waals surface area contributed by atoms with Crippen LogP contribution in [0.1, 0.15) is 45.9 Å². The molecule has 18 heavy (non-hydrogen) atoms. The number of halogens is 1. The summed E-state index contributed by atoms with van der Waals surface area (Å²) in [5, 5.41) is 7.91. The first kappa shape index (κ1) is 15.7. The molecule has 0 aliphatic rings. The van der Waals surface area contributed by atoms with Gasteiger partial charge in [0, 0.05) is 13.2 Å². The number of nitrogens with one attached hydrogen (secondary N) is 1. The van der Waals surface area contributed by atoms with Crippen LogP contribution in [-0.2, 0) is 11.3 Å². The number of likely N-dealkylation sites (N-methyl/N-ethyl adjacent to an activating group) is 1. The maximum Gasteiger partial charge on any atom is 0.0782 e. The summed E-state index contributed by atoms with van der Waals surface area (Å²) in [6.45, 7) is 10.9. The quantitative estimate of drug-likeness (QED) is 0.800. The van der Waals surface area contributed by atoms with Crippen molar-refractivity contribution in [2.24, 2.45) is 0 Å². The van der Waals surface area contributed by atoms with E-state index >= 15 is 0 Å². The first-order chi connectivity index (χ1) is 8.69. The molecule has 0 radical (unpaired) electrons. The third kappa shape index (κ3) is 3.56. The van der Waals surface area contributed by atoms with Crippen LogP contribution in [0, 0.1) is 0 Å². The van der Waals surface area contributed by atoms with Gasteiger partial charge in [-0.1, -0.05) is 13.8 Å². The summed E-state index contributed by atoms with van der Waals surface area (Å²) >= 11 is 3.60. The summed E-state index contributed by atoms with van der Waals surface area (Å²) in [4.78, 5) is 0. The smallest absolute Gasteiger partial charge is 0.0782 e. The van der Waals surface area contributed by atoms with Gasteiger partial charge in [-0.2, -0.15) is 5.10 Å². The molecule has 0 saturated heterocycles. The summed E-state index contributed by atoms with van der Waals surface area (Å²) in [5.41, 5.74) is 1.18. The van der Waals surface area contributed by atoms with Gasteiger partial charge < -0.3 is 10.1 Å². The lowest BCUT2D eigenvalue weighted by Gasteiger charge is -2.27. The number of hydrogen-bond donors (Lipinski definition) is 1. The number of nitrogens with zero attached hydrogens (tertiary/aromatic N) is 2. The summed E-state index contributed by atoms with van der Waals surface area (Å²) in [6, 6.07) is 0.178. The Hall–Kier alpha value is -0.390. The molecule has 0 spiro atoms. The molecule has 5 heteroatoms. The van der Waals surface area contributed by atoms with E-state index in [4.69, 9.17) is 4.74 Å². The van der Waals surface area contributed by atoms with E-state index in [2.05, 4.69) is 47.1 Å². The summed E-state index contributed by atoms with van der Waals surface area (Å²) in [7, 11) is 0. The number of aromatic nitrogens is 2. The molecular weight excluding hydrogens is 294 g/mol. The molecular formula is C13H24BrN3O. The Labute approximate surface area is 118 Å². The van der Waals surface area contributed by atoms with Crippen molar-refractivity contribution in [1.29, 1.82) is 0 Å². The van der Waals surface area contributed by atoms with Crippen LogP contribution in [0.25, 0.3) is 0 Å². The highest BCUT2D eigenvalue weighted by molar-refractivity contribution is 9.10. The molecule has 2 atom stereocenters. The molecule has 0 aliphatic carbocycles. The van der Waals surface area contributed by atoms with Gasteiger partial charge in [0.15, 0.2) is 0 Å². The number of hydrogen-bond acceptors (Lipinski definition) is 3. The highest BCUT2D eigenvalue weighted by atomic mass is 79.9. The fourth-order valence-electron chi connectivity index (χ4n) is 2.22. The normalized spacial score (nSPS) is 14.7. The van der Waals surface area contributed by atoms with E-state index in [1.165, 1.54) is 5.69 Å².